The highest BCUT2D eigenvalue weighted by atomic mass is 19.1. The fourth-order valence-electron chi connectivity index (χ4n) is 2.73. The van der Waals surface area contributed by atoms with Crippen LogP contribution < -0.4 is 10.2 Å². The van der Waals surface area contributed by atoms with Crippen LogP contribution in [0.4, 0.5) is 14.6 Å². The number of halogens is 2. The zero-order valence-electron chi connectivity index (χ0n) is 8.79. The molecule has 2 aliphatic rings. The molecule has 16 heavy (non-hydrogen) atoms. The minimum atomic E-state index is -0.624. The lowest BCUT2D eigenvalue weighted by atomic mass is 10.1. The topological polar surface area (TPSA) is 28.2 Å². The van der Waals surface area contributed by atoms with Crippen LogP contribution in [0.15, 0.2) is 12.3 Å². The average molecular weight is 225 g/mol. The maximum atomic E-state index is 13.6. The molecule has 3 heterocycles. The van der Waals surface area contributed by atoms with Gasteiger partial charge >= 0.3 is 0 Å². The predicted octanol–water partition coefficient (Wildman–Crippen LogP) is 1.16. The van der Waals surface area contributed by atoms with Crippen LogP contribution in [-0.2, 0) is 0 Å². The normalized spacial score (nSPS) is 28.5. The van der Waals surface area contributed by atoms with Crippen molar-refractivity contribution in [2.24, 2.45) is 5.92 Å². The molecule has 1 N–H and O–H groups in total. The molecule has 0 bridgehead atoms. The summed E-state index contributed by atoms with van der Waals surface area (Å²) in [7, 11) is 0. The standard InChI is InChI=1S/C11H13F2N3/c12-8-3-9(13)11(15-5-8)16-2-1-7-4-14-6-10(7)16/h3,5,7,10,14H,1-2,4,6H2/t7-,10+/m0/s1. The van der Waals surface area contributed by atoms with Crippen LogP contribution in [0.2, 0.25) is 0 Å². The van der Waals surface area contributed by atoms with Crippen LogP contribution >= 0.6 is 0 Å². The molecular weight excluding hydrogens is 212 g/mol. The molecule has 1 aromatic rings. The minimum absolute atomic E-state index is 0.289. The highest BCUT2D eigenvalue weighted by molar-refractivity contribution is 5.43. The van der Waals surface area contributed by atoms with Gasteiger partial charge in [0.05, 0.1) is 6.20 Å². The summed E-state index contributed by atoms with van der Waals surface area (Å²) >= 11 is 0. The largest absolute Gasteiger partial charge is 0.350 e. The number of hydrogen-bond donors (Lipinski definition) is 1. The maximum Gasteiger partial charge on any atom is 0.168 e. The number of aromatic nitrogens is 1. The molecule has 2 saturated heterocycles. The lowest BCUT2D eigenvalue weighted by molar-refractivity contribution is 0.551. The molecule has 3 rings (SSSR count). The number of rotatable bonds is 1. The van der Waals surface area contributed by atoms with Gasteiger partial charge in [0.25, 0.3) is 0 Å². The molecule has 0 radical (unpaired) electrons. The van der Waals surface area contributed by atoms with Gasteiger partial charge in [-0.05, 0) is 12.3 Å². The number of hydrogen-bond acceptors (Lipinski definition) is 3. The summed E-state index contributed by atoms with van der Waals surface area (Å²) < 4.78 is 26.4. The van der Waals surface area contributed by atoms with Gasteiger partial charge in [-0.15, -0.1) is 0 Å². The van der Waals surface area contributed by atoms with Crippen molar-refractivity contribution < 1.29 is 8.78 Å². The lowest BCUT2D eigenvalue weighted by Crippen LogP contribution is -2.35. The first kappa shape index (κ1) is 9.96. The van der Waals surface area contributed by atoms with E-state index in [0.29, 0.717) is 12.0 Å². The van der Waals surface area contributed by atoms with Crippen molar-refractivity contribution in [1.82, 2.24) is 10.3 Å². The van der Waals surface area contributed by atoms with Gasteiger partial charge in [0, 0.05) is 31.7 Å². The van der Waals surface area contributed by atoms with Crippen molar-refractivity contribution in [2.75, 3.05) is 24.5 Å². The predicted molar refractivity (Wildman–Crippen MR) is 56.3 cm³/mol. The maximum absolute atomic E-state index is 13.6. The van der Waals surface area contributed by atoms with Crippen LogP contribution in [0, 0.1) is 17.6 Å². The van der Waals surface area contributed by atoms with E-state index in [4.69, 9.17) is 0 Å². The third kappa shape index (κ3) is 1.46. The van der Waals surface area contributed by atoms with Gasteiger partial charge in [-0.2, -0.15) is 0 Å². The number of fused-ring (bicyclic) bond motifs is 1. The zero-order valence-corrected chi connectivity index (χ0v) is 8.79. The molecule has 1 aromatic heterocycles. The van der Waals surface area contributed by atoms with Gasteiger partial charge in [-0.25, -0.2) is 13.8 Å². The second kappa shape index (κ2) is 3.66. The third-order valence-corrected chi connectivity index (χ3v) is 3.51. The fraction of sp³-hybridized carbons (Fsp3) is 0.545. The SMILES string of the molecule is Fc1cnc(N2CC[C@H]3CNC[C@H]32)c(F)c1. The Bertz CT molecular complexity index is 410. The second-order valence-electron chi connectivity index (χ2n) is 4.43. The van der Waals surface area contributed by atoms with E-state index in [0.717, 1.165) is 38.3 Å². The molecule has 0 aromatic carbocycles. The molecule has 0 saturated carbocycles. The number of nitrogens with zero attached hydrogens (tertiary/aromatic N) is 2. The lowest BCUT2D eigenvalue weighted by Gasteiger charge is -2.24. The van der Waals surface area contributed by atoms with Gasteiger partial charge in [-0.3, -0.25) is 0 Å². The first-order chi connectivity index (χ1) is 7.75. The molecule has 86 valence electrons. The zero-order chi connectivity index (χ0) is 11.1. The molecule has 0 amide bonds. The Labute approximate surface area is 92.5 Å². The van der Waals surface area contributed by atoms with Crippen molar-refractivity contribution in [2.45, 2.75) is 12.5 Å². The Morgan fingerprint density at radius 1 is 1.38 bits per heavy atom. The van der Waals surface area contributed by atoms with E-state index in [2.05, 4.69) is 10.3 Å². The Kier molecular flexibility index (Phi) is 2.28. The molecular formula is C11H13F2N3. The summed E-state index contributed by atoms with van der Waals surface area (Å²) in [6.07, 6.45) is 2.13. The van der Waals surface area contributed by atoms with Crippen LogP contribution in [-0.4, -0.2) is 30.7 Å². The molecule has 3 nitrogen and oxygen atoms in total. The van der Waals surface area contributed by atoms with Crippen LogP contribution in [0.25, 0.3) is 0 Å². The quantitative estimate of drug-likeness (QED) is 0.777. The van der Waals surface area contributed by atoms with Gasteiger partial charge in [0.1, 0.15) is 5.82 Å². The number of nitrogens with one attached hydrogen (secondary N) is 1. The molecule has 5 heteroatoms. The first-order valence-electron chi connectivity index (χ1n) is 5.54. The fourth-order valence-corrected chi connectivity index (χ4v) is 2.73. The van der Waals surface area contributed by atoms with Crippen molar-refractivity contribution in [3.63, 3.8) is 0 Å². The van der Waals surface area contributed by atoms with E-state index >= 15 is 0 Å². The van der Waals surface area contributed by atoms with Crippen molar-refractivity contribution in [3.05, 3.63) is 23.9 Å². The molecule has 0 spiro atoms. The van der Waals surface area contributed by atoms with E-state index in [1.54, 1.807) is 0 Å². The van der Waals surface area contributed by atoms with Crippen LogP contribution in [0.3, 0.4) is 0 Å². The van der Waals surface area contributed by atoms with E-state index in [9.17, 15) is 8.78 Å². The van der Waals surface area contributed by atoms with E-state index in [1.807, 2.05) is 4.90 Å². The third-order valence-electron chi connectivity index (χ3n) is 3.51. The van der Waals surface area contributed by atoms with Crippen molar-refractivity contribution in [3.8, 4) is 0 Å². The molecule has 2 aliphatic heterocycles. The monoisotopic (exact) mass is 225 g/mol. The summed E-state index contributed by atoms with van der Waals surface area (Å²) in [5, 5.41) is 3.29. The highest BCUT2D eigenvalue weighted by Gasteiger charge is 2.38. The van der Waals surface area contributed by atoms with E-state index in [-0.39, 0.29) is 5.82 Å². The van der Waals surface area contributed by atoms with Crippen molar-refractivity contribution >= 4 is 5.82 Å². The van der Waals surface area contributed by atoms with E-state index < -0.39 is 11.6 Å². The molecule has 0 aliphatic carbocycles. The van der Waals surface area contributed by atoms with Gasteiger partial charge in [-0.1, -0.05) is 0 Å². The smallest absolute Gasteiger partial charge is 0.168 e. The summed E-state index contributed by atoms with van der Waals surface area (Å²) in [4.78, 5) is 5.83. The number of pyridine rings is 1. The Hall–Kier alpha value is -1.23. The highest BCUT2D eigenvalue weighted by Crippen LogP contribution is 2.32. The van der Waals surface area contributed by atoms with E-state index in [1.165, 1.54) is 0 Å². The van der Waals surface area contributed by atoms with Crippen LogP contribution in [0.1, 0.15) is 6.42 Å². The summed E-state index contributed by atoms with van der Waals surface area (Å²) in [5.74, 6) is -0.321. The summed E-state index contributed by atoms with van der Waals surface area (Å²) in [6, 6.07) is 1.21. The summed E-state index contributed by atoms with van der Waals surface area (Å²) in [5.41, 5.74) is 0. The average Bonchev–Trinajstić information content (AvgIpc) is 2.80. The Balaban J connectivity index is 1.92. The Morgan fingerprint density at radius 3 is 3.06 bits per heavy atom. The van der Waals surface area contributed by atoms with Gasteiger partial charge in [0.2, 0.25) is 0 Å². The minimum Gasteiger partial charge on any atom is -0.350 e. The molecule has 2 atom stereocenters. The number of anilines is 1. The van der Waals surface area contributed by atoms with Gasteiger partial charge < -0.3 is 10.2 Å². The van der Waals surface area contributed by atoms with Crippen LogP contribution in [0.5, 0.6) is 0 Å². The molecule has 0 unspecified atom stereocenters. The second-order valence-corrected chi connectivity index (χ2v) is 4.43. The van der Waals surface area contributed by atoms with Gasteiger partial charge in [0.15, 0.2) is 11.6 Å². The molecule has 2 fully saturated rings. The first-order valence-corrected chi connectivity index (χ1v) is 5.54. The van der Waals surface area contributed by atoms with Crippen molar-refractivity contribution in [1.29, 1.82) is 0 Å². The summed E-state index contributed by atoms with van der Waals surface area (Å²) in [6.45, 7) is 2.67. The Morgan fingerprint density at radius 2 is 2.25 bits per heavy atom.